The van der Waals surface area contributed by atoms with E-state index in [0.29, 0.717) is 5.92 Å². The first kappa shape index (κ1) is 14.5. The van der Waals surface area contributed by atoms with E-state index in [1.54, 1.807) is 0 Å². The Balaban J connectivity index is 3.12. The average molecular weight is 260 g/mol. The second kappa shape index (κ2) is 5.40. The third kappa shape index (κ3) is 3.02. The van der Waals surface area contributed by atoms with Crippen LogP contribution in [0.4, 0.5) is 0 Å². The highest BCUT2D eigenvalue weighted by molar-refractivity contribution is 6.27. The van der Waals surface area contributed by atoms with Crippen LogP contribution in [0.25, 0.3) is 0 Å². The number of amides is 1. The molecule has 17 heavy (non-hydrogen) atoms. The molecule has 1 amide bonds. The summed E-state index contributed by atoms with van der Waals surface area (Å²) >= 11 is 5.61. The summed E-state index contributed by atoms with van der Waals surface area (Å²) in [6, 6.07) is 0. The number of hydroxylamine groups is 2. The minimum Gasteiger partial charge on any atom is -0.271 e. The summed E-state index contributed by atoms with van der Waals surface area (Å²) in [5.74, 6) is 0.289. The molecule has 0 aliphatic heterocycles. The van der Waals surface area contributed by atoms with Crippen LogP contribution in [0.3, 0.4) is 0 Å². The van der Waals surface area contributed by atoms with Gasteiger partial charge in [0.15, 0.2) is 0 Å². The summed E-state index contributed by atoms with van der Waals surface area (Å²) in [6.45, 7) is 8.69. The third-order valence-corrected chi connectivity index (χ3v) is 3.85. The molecule has 1 rings (SSSR count). The van der Waals surface area contributed by atoms with Crippen LogP contribution in [-0.4, -0.2) is 24.0 Å². The van der Waals surface area contributed by atoms with Crippen molar-refractivity contribution >= 4 is 17.5 Å². The maximum Gasteiger partial charge on any atom is 0.265 e. The van der Waals surface area contributed by atoms with Gasteiger partial charge in [-0.15, -0.1) is 11.6 Å². The molecule has 0 N–H and O–H groups in total. The lowest BCUT2D eigenvalue weighted by molar-refractivity contribution is -0.164. The molecule has 0 heterocycles. The fourth-order valence-electron chi connectivity index (χ4n) is 2.62. The lowest BCUT2D eigenvalue weighted by Gasteiger charge is -2.39. The van der Waals surface area contributed by atoms with E-state index in [-0.39, 0.29) is 17.2 Å². The molecule has 1 unspecified atom stereocenters. The van der Waals surface area contributed by atoms with Crippen LogP contribution in [0, 0.1) is 11.3 Å². The Morgan fingerprint density at radius 3 is 2.65 bits per heavy atom. The second-order valence-corrected chi connectivity index (χ2v) is 5.74. The zero-order valence-corrected chi connectivity index (χ0v) is 12.1. The average Bonchev–Trinajstić information content (AvgIpc) is 2.24. The van der Waals surface area contributed by atoms with Crippen molar-refractivity contribution in [3.63, 3.8) is 0 Å². The van der Waals surface area contributed by atoms with Gasteiger partial charge in [-0.3, -0.25) is 9.63 Å². The number of hydrogen-bond donors (Lipinski definition) is 0. The van der Waals surface area contributed by atoms with Crippen molar-refractivity contribution in [2.75, 3.05) is 13.0 Å². The van der Waals surface area contributed by atoms with Gasteiger partial charge in [-0.25, -0.2) is 0 Å². The zero-order chi connectivity index (χ0) is 13.2. The van der Waals surface area contributed by atoms with Crippen LogP contribution < -0.4 is 0 Å². The second-order valence-electron chi connectivity index (χ2n) is 5.47. The van der Waals surface area contributed by atoms with Crippen LogP contribution in [-0.2, 0) is 9.63 Å². The van der Waals surface area contributed by atoms with Gasteiger partial charge in [-0.2, -0.15) is 5.06 Å². The Kier molecular flexibility index (Phi) is 4.62. The van der Waals surface area contributed by atoms with Crippen LogP contribution in [0.15, 0.2) is 11.3 Å². The highest BCUT2D eigenvalue weighted by Gasteiger charge is 2.34. The molecular weight excluding hydrogens is 238 g/mol. The number of carbonyl (C=O) groups excluding carboxylic acids is 1. The maximum absolute atomic E-state index is 11.7. The van der Waals surface area contributed by atoms with Gasteiger partial charge in [0.1, 0.15) is 5.88 Å². The third-order valence-electron chi connectivity index (χ3n) is 3.62. The fourth-order valence-corrected chi connectivity index (χ4v) is 2.73. The molecular formula is C13H22ClNO2. The number of halogens is 1. The maximum atomic E-state index is 11.7. The molecule has 0 bridgehead atoms. The highest BCUT2D eigenvalue weighted by atomic mass is 35.5. The number of alkyl halides is 1. The van der Waals surface area contributed by atoms with Crippen molar-refractivity contribution in [1.29, 1.82) is 0 Å². The van der Waals surface area contributed by atoms with Crippen molar-refractivity contribution in [2.45, 2.75) is 40.5 Å². The van der Waals surface area contributed by atoms with Crippen molar-refractivity contribution < 1.29 is 9.63 Å². The van der Waals surface area contributed by atoms with Crippen molar-refractivity contribution in [1.82, 2.24) is 5.06 Å². The summed E-state index contributed by atoms with van der Waals surface area (Å²) in [4.78, 5) is 16.9. The predicted molar refractivity (Wildman–Crippen MR) is 69.5 cm³/mol. The molecule has 0 aromatic rings. The smallest absolute Gasteiger partial charge is 0.265 e. The lowest BCUT2D eigenvalue weighted by atomic mass is 9.71. The van der Waals surface area contributed by atoms with E-state index in [0.717, 1.165) is 18.5 Å². The minimum absolute atomic E-state index is 0.0561. The van der Waals surface area contributed by atoms with E-state index < -0.39 is 0 Å². The van der Waals surface area contributed by atoms with Gasteiger partial charge in [0.05, 0.1) is 7.11 Å². The van der Waals surface area contributed by atoms with E-state index in [9.17, 15) is 4.79 Å². The molecule has 0 fully saturated rings. The first-order chi connectivity index (χ1) is 7.83. The topological polar surface area (TPSA) is 29.5 Å². The Morgan fingerprint density at radius 1 is 1.59 bits per heavy atom. The fraction of sp³-hybridized carbons (Fsp3) is 0.769. The van der Waals surface area contributed by atoms with Crippen LogP contribution in [0.2, 0.25) is 0 Å². The quantitative estimate of drug-likeness (QED) is 0.575. The van der Waals surface area contributed by atoms with E-state index in [4.69, 9.17) is 16.4 Å². The van der Waals surface area contributed by atoms with Gasteiger partial charge >= 0.3 is 0 Å². The molecule has 0 aromatic carbocycles. The minimum atomic E-state index is -0.201. The van der Waals surface area contributed by atoms with Gasteiger partial charge in [0, 0.05) is 5.70 Å². The van der Waals surface area contributed by atoms with Crippen molar-refractivity contribution in [2.24, 2.45) is 11.3 Å². The zero-order valence-electron chi connectivity index (χ0n) is 11.3. The molecule has 0 aromatic heterocycles. The summed E-state index contributed by atoms with van der Waals surface area (Å²) in [5, 5.41) is 1.36. The largest absolute Gasteiger partial charge is 0.271 e. The number of nitrogens with zero attached hydrogens (tertiary/aromatic N) is 1. The van der Waals surface area contributed by atoms with E-state index in [2.05, 4.69) is 27.7 Å². The monoisotopic (exact) mass is 259 g/mol. The molecule has 0 spiro atoms. The molecule has 4 heteroatoms. The van der Waals surface area contributed by atoms with Gasteiger partial charge in [0.2, 0.25) is 0 Å². The molecule has 3 nitrogen and oxygen atoms in total. The van der Waals surface area contributed by atoms with E-state index in [1.807, 2.05) is 0 Å². The standard InChI is InChI=1S/C13H22ClNO2/c1-9-6-11(10(2)13(3,4)7-9)15(17-5)12(16)8-14/h9H,6-8H2,1-5H3. The van der Waals surface area contributed by atoms with Gasteiger partial charge < -0.3 is 0 Å². The Bertz CT molecular complexity index is 336. The first-order valence-electron chi connectivity index (χ1n) is 5.96. The summed E-state index contributed by atoms with van der Waals surface area (Å²) in [5.41, 5.74) is 2.30. The Labute approximate surface area is 109 Å². The van der Waals surface area contributed by atoms with Crippen LogP contribution >= 0.6 is 11.6 Å². The first-order valence-corrected chi connectivity index (χ1v) is 6.50. The van der Waals surface area contributed by atoms with Gasteiger partial charge in [-0.1, -0.05) is 20.8 Å². The normalized spacial score (nSPS) is 23.8. The number of hydrogen-bond acceptors (Lipinski definition) is 2. The molecule has 0 saturated carbocycles. The molecule has 0 radical (unpaired) electrons. The summed E-state index contributed by atoms with van der Waals surface area (Å²) in [7, 11) is 1.51. The molecule has 98 valence electrons. The molecule has 1 aliphatic carbocycles. The Morgan fingerprint density at radius 2 is 2.18 bits per heavy atom. The van der Waals surface area contributed by atoms with Gasteiger partial charge in [0.25, 0.3) is 5.91 Å². The highest BCUT2D eigenvalue weighted by Crippen LogP contribution is 2.43. The molecule has 0 saturated heterocycles. The molecule has 1 aliphatic rings. The number of carbonyl (C=O) groups is 1. The molecule has 1 atom stereocenters. The van der Waals surface area contributed by atoms with Crippen LogP contribution in [0.5, 0.6) is 0 Å². The number of allylic oxidation sites excluding steroid dienone is 2. The lowest BCUT2D eigenvalue weighted by Crippen LogP contribution is -2.36. The summed E-state index contributed by atoms with van der Waals surface area (Å²) < 4.78 is 0. The van der Waals surface area contributed by atoms with Crippen LogP contribution in [0.1, 0.15) is 40.5 Å². The summed E-state index contributed by atoms with van der Waals surface area (Å²) in [6.07, 6.45) is 2.00. The van der Waals surface area contributed by atoms with Crippen molar-refractivity contribution in [3.05, 3.63) is 11.3 Å². The van der Waals surface area contributed by atoms with E-state index in [1.165, 1.54) is 17.7 Å². The van der Waals surface area contributed by atoms with Gasteiger partial charge in [-0.05, 0) is 36.7 Å². The van der Waals surface area contributed by atoms with E-state index >= 15 is 0 Å². The van der Waals surface area contributed by atoms with Crippen molar-refractivity contribution in [3.8, 4) is 0 Å². The SMILES string of the molecule is CON(C(=O)CCl)C1=C(C)C(C)(C)CC(C)C1. The number of rotatable bonds is 3. The predicted octanol–water partition coefficient (Wildman–Crippen LogP) is 3.35. The Hall–Kier alpha value is -0.540.